The van der Waals surface area contributed by atoms with Gasteiger partial charge in [-0.2, -0.15) is 0 Å². The molecule has 0 radical (unpaired) electrons. The van der Waals surface area contributed by atoms with Gasteiger partial charge in [0, 0.05) is 17.8 Å². The third-order valence-electron chi connectivity index (χ3n) is 1.80. The third-order valence-corrected chi connectivity index (χ3v) is 2.63. The van der Waals surface area contributed by atoms with Crippen molar-refractivity contribution in [1.82, 2.24) is 14.5 Å². The number of hydrogen-bond donors (Lipinski definition) is 2. The number of aromatic amines is 1. The summed E-state index contributed by atoms with van der Waals surface area (Å²) in [7, 11) is 0. The number of aromatic nitrogens is 3. The maximum atomic E-state index is 11.1. The average molecular weight is 225 g/mol. The van der Waals surface area contributed by atoms with Crippen molar-refractivity contribution in [3.8, 4) is 0 Å². The number of thiazole rings is 1. The van der Waals surface area contributed by atoms with E-state index >= 15 is 0 Å². The summed E-state index contributed by atoms with van der Waals surface area (Å²) in [5.41, 5.74) is -0.222. The van der Waals surface area contributed by atoms with Crippen LogP contribution in [0.3, 0.4) is 0 Å². The monoisotopic (exact) mass is 225 g/mol. The van der Waals surface area contributed by atoms with E-state index in [2.05, 4.69) is 9.97 Å². The number of carboxylic acid groups (broad SMARTS) is 1. The highest BCUT2D eigenvalue weighted by atomic mass is 32.1. The van der Waals surface area contributed by atoms with Gasteiger partial charge in [-0.15, -0.1) is 11.3 Å². The Morgan fingerprint density at radius 1 is 1.67 bits per heavy atom. The maximum absolute atomic E-state index is 11.1. The number of hydrogen-bond acceptors (Lipinski definition) is 4. The molecule has 0 bridgehead atoms. The largest absolute Gasteiger partial charge is 0.476 e. The minimum atomic E-state index is -1.06. The number of carboxylic acids is 1. The van der Waals surface area contributed by atoms with Gasteiger partial charge < -0.3 is 10.1 Å². The van der Waals surface area contributed by atoms with Crippen molar-refractivity contribution in [2.75, 3.05) is 0 Å². The molecule has 0 amide bonds. The molecule has 0 saturated heterocycles. The van der Waals surface area contributed by atoms with Crippen LogP contribution >= 0.6 is 11.3 Å². The van der Waals surface area contributed by atoms with Crippen LogP contribution in [0.1, 0.15) is 15.5 Å². The summed E-state index contributed by atoms with van der Waals surface area (Å²) in [4.78, 5) is 28.0. The number of imidazole rings is 1. The number of carbonyl (C=O) groups is 1. The van der Waals surface area contributed by atoms with Crippen molar-refractivity contribution in [2.45, 2.75) is 6.54 Å². The molecule has 0 aliphatic heterocycles. The van der Waals surface area contributed by atoms with Crippen LogP contribution in [0.15, 0.2) is 22.6 Å². The number of nitrogens with zero attached hydrogens (tertiary/aromatic N) is 2. The van der Waals surface area contributed by atoms with Gasteiger partial charge in [0.1, 0.15) is 5.01 Å². The molecule has 0 spiro atoms. The summed E-state index contributed by atoms with van der Waals surface area (Å²) in [6.45, 7) is 0.292. The summed E-state index contributed by atoms with van der Waals surface area (Å²) in [6, 6.07) is 0. The van der Waals surface area contributed by atoms with Crippen LogP contribution in [-0.2, 0) is 6.54 Å². The zero-order chi connectivity index (χ0) is 10.8. The first-order valence-electron chi connectivity index (χ1n) is 4.08. The molecule has 6 nitrogen and oxygen atoms in total. The fraction of sp³-hybridized carbons (Fsp3) is 0.125. The van der Waals surface area contributed by atoms with Gasteiger partial charge in [0.15, 0.2) is 5.69 Å². The molecule has 7 heteroatoms. The lowest BCUT2D eigenvalue weighted by molar-refractivity contribution is 0.0691. The van der Waals surface area contributed by atoms with Crippen molar-refractivity contribution >= 4 is 17.3 Å². The summed E-state index contributed by atoms with van der Waals surface area (Å²) in [5, 5.41) is 10.7. The van der Waals surface area contributed by atoms with Gasteiger partial charge in [-0.25, -0.2) is 14.6 Å². The molecule has 0 aliphatic rings. The van der Waals surface area contributed by atoms with Crippen LogP contribution in [-0.4, -0.2) is 25.6 Å². The van der Waals surface area contributed by atoms with E-state index in [-0.39, 0.29) is 11.4 Å². The van der Waals surface area contributed by atoms with Gasteiger partial charge in [0.25, 0.3) is 0 Å². The normalized spacial score (nSPS) is 10.4. The highest BCUT2D eigenvalue weighted by Gasteiger charge is 2.09. The molecular weight excluding hydrogens is 218 g/mol. The first kappa shape index (κ1) is 9.66. The predicted molar refractivity (Wildman–Crippen MR) is 53.2 cm³/mol. The van der Waals surface area contributed by atoms with Gasteiger partial charge in [-0.3, -0.25) is 4.57 Å². The number of rotatable bonds is 3. The van der Waals surface area contributed by atoms with Crippen LogP contribution in [0.5, 0.6) is 0 Å². The topological polar surface area (TPSA) is 88.0 Å². The zero-order valence-electron chi connectivity index (χ0n) is 7.51. The molecule has 2 N–H and O–H groups in total. The maximum Gasteiger partial charge on any atom is 0.355 e. The van der Waals surface area contributed by atoms with E-state index in [4.69, 9.17) is 5.11 Å². The van der Waals surface area contributed by atoms with Crippen molar-refractivity contribution in [1.29, 1.82) is 0 Å². The van der Waals surface area contributed by atoms with Crippen LogP contribution in [0.25, 0.3) is 0 Å². The minimum absolute atomic E-state index is 0.0126. The Morgan fingerprint density at radius 2 is 2.47 bits per heavy atom. The summed E-state index contributed by atoms with van der Waals surface area (Å²) in [5.74, 6) is -1.06. The van der Waals surface area contributed by atoms with E-state index < -0.39 is 5.97 Å². The predicted octanol–water partition coefficient (Wildman–Crippen LogP) is 0.379. The molecule has 15 heavy (non-hydrogen) atoms. The van der Waals surface area contributed by atoms with E-state index in [9.17, 15) is 9.59 Å². The molecule has 0 atom stereocenters. The molecule has 0 unspecified atom stereocenters. The quantitative estimate of drug-likeness (QED) is 0.790. The Labute approximate surface area is 87.8 Å². The first-order chi connectivity index (χ1) is 7.16. The van der Waals surface area contributed by atoms with E-state index in [0.717, 1.165) is 0 Å². The molecule has 0 aromatic carbocycles. The first-order valence-corrected chi connectivity index (χ1v) is 4.96. The molecule has 2 aromatic heterocycles. The Kier molecular flexibility index (Phi) is 2.38. The van der Waals surface area contributed by atoms with Crippen LogP contribution in [0.4, 0.5) is 0 Å². The number of aromatic carboxylic acids is 1. The second kappa shape index (κ2) is 3.70. The van der Waals surface area contributed by atoms with Crippen molar-refractivity contribution < 1.29 is 9.90 Å². The number of H-pyrrole nitrogens is 1. The second-order valence-corrected chi connectivity index (χ2v) is 3.77. The number of nitrogens with one attached hydrogen (secondary N) is 1. The van der Waals surface area contributed by atoms with Crippen LogP contribution in [0.2, 0.25) is 0 Å². The summed E-state index contributed by atoms with van der Waals surface area (Å²) >= 11 is 1.22. The van der Waals surface area contributed by atoms with E-state index in [1.807, 2.05) is 0 Å². The molecule has 0 fully saturated rings. The standard InChI is InChI=1S/C8H7N3O3S/c12-7(13)5-4-15-6(10-5)3-11-2-1-9-8(11)14/h1-2,4H,3H2,(H,9,14)(H,12,13). The highest BCUT2D eigenvalue weighted by molar-refractivity contribution is 7.09. The fourth-order valence-corrected chi connectivity index (χ4v) is 1.87. The van der Waals surface area contributed by atoms with E-state index in [1.54, 1.807) is 6.20 Å². The van der Waals surface area contributed by atoms with Crippen LogP contribution < -0.4 is 5.69 Å². The summed E-state index contributed by atoms with van der Waals surface area (Å²) in [6.07, 6.45) is 3.11. The smallest absolute Gasteiger partial charge is 0.355 e. The Bertz CT molecular complexity index is 539. The molecule has 0 saturated carbocycles. The lowest BCUT2D eigenvalue weighted by atomic mass is 10.5. The molecule has 2 rings (SSSR count). The van der Waals surface area contributed by atoms with Crippen molar-refractivity contribution in [3.05, 3.63) is 39.0 Å². The Balaban J connectivity index is 2.22. The second-order valence-electron chi connectivity index (χ2n) is 2.82. The van der Waals surface area contributed by atoms with Crippen molar-refractivity contribution in [2.24, 2.45) is 0 Å². The molecule has 2 aromatic rings. The summed E-state index contributed by atoms with van der Waals surface area (Å²) < 4.78 is 1.42. The van der Waals surface area contributed by atoms with Crippen LogP contribution in [0, 0.1) is 0 Å². The van der Waals surface area contributed by atoms with Gasteiger partial charge in [0.2, 0.25) is 0 Å². The third kappa shape index (κ3) is 1.96. The van der Waals surface area contributed by atoms with Gasteiger partial charge >= 0.3 is 11.7 Å². The van der Waals surface area contributed by atoms with Gasteiger partial charge in [-0.05, 0) is 0 Å². The SMILES string of the molecule is O=C(O)c1csc(Cn2cc[nH]c2=O)n1. The van der Waals surface area contributed by atoms with E-state index in [1.165, 1.54) is 27.5 Å². The van der Waals surface area contributed by atoms with Gasteiger partial charge in [0.05, 0.1) is 6.54 Å². The van der Waals surface area contributed by atoms with E-state index in [0.29, 0.717) is 11.6 Å². The average Bonchev–Trinajstić information content (AvgIpc) is 2.77. The Hall–Kier alpha value is -1.89. The zero-order valence-corrected chi connectivity index (χ0v) is 8.32. The highest BCUT2D eigenvalue weighted by Crippen LogP contribution is 2.10. The molecule has 2 heterocycles. The molecule has 0 aliphatic carbocycles. The molecular formula is C8H7N3O3S. The fourth-order valence-electron chi connectivity index (χ4n) is 1.10. The van der Waals surface area contributed by atoms with Gasteiger partial charge in [-0.1, -0.05) is 0 Å². The molecule has 78 valence electrons. The van der Waals surface area contributed by atoms with Crippen molar-refractivity contribution in [3.63, 3.8) is 0 Å². The Morgan fingerprint density at radius 3 is 3.00 bits per heavy atom. The minimum Gasteiger partial charge on any atom is -0.476 e. The lowest BCUT2D eigenvalue weighted by Crippen LogP contribution is -2.16. The lowest BCUT2D eigenvalue weighted by Gasteiger charge is -1.94.